The molecule has 6 nitrogen and oxygen atoms in total. The van der Waals surface area contributed by atoms with E-state index in [0.717, 1.165) is 0 Å². The fourth-order valence-corrected chi connectivity index (χ4v) is 2.27. The van der Waals surface area contributed by atoms with Crippen LogP contribution in [0.3, 0.4) is 0 Å². The summed E-state index contributed by atoms with van der Waals surface area (Å²) < 4.78 is 26.1. The van der Waals surface area contributed by atoms with E-state index in [1.165, 1.54) is 36.5 Å². The maximum Gasteiger partial charge on any atom is 0.335 e. The first-order valence-electron chi connectivity index (χ1n) is 5.09. The van der Waals surface area contributed by atoms with Gasteiger partial charge in [0.15, 0.2) is 5.03 Å². The summed E-state index contributed by atoms with van der Waals surface area (Å²) in [6.45, 7) is 0. The summed E-state index contributed by atoms with van der Waals surface area (Å²) in [6, 6.07) is 11.5. The minimum Gasteiger partial charge on any atom is -0.478 e. The second-order valence-corrected chi connectivity index (χ2v) is 5.15. The molecule has 1 aromatic heterocycles. The monoisotopic (exact) mass is 276 g/mol. The number of sulfonamides is 1. The van der Waals surface area contributed by atoms with Crippen LogP contribution in [0.15, 0.2) is 41.6 Å². The van der Waals surface area contributed by atoms with Crippen LogP contribution in [0.4, 0.5) is 5.69 Å². The molecule has 96 valence electrons. The summed E-state index contributed by atoms with van der Waals surface area (Å²) >= 11 is 0. The van der Waals surface area contributed by atoms with E-state index in [4.69, 9.17) is 5.11 Å². The van der Waals surface area contributed by atoms with Crippen LogP contribution in [-0.2, 0) is 10.0 Å². The number of carboxylic acid groups (broad SMARTS) is 1. The van der Waals surface area contributed by atoms with Crippen LogP contribution < -0.4 is 4.72 Å². The molecule has 0 atom stereocenters. The molecule has 1 heterocycles. The van der Waals surface area contributed by atoms with Gasteiger partial charge in [0.05, 0.1) is 11.8 Å². The van der Waals surface area contributed by atoms with Crippen LogP contribution in [0, 0.1) is 12.1 Å². The van der Waals surface area contributed by atoms with Crippen LogP contribution in [-0.4, -0.2) is 24.5 Å². The Morgan fingerprint density at radius 2 is 1.89 bits per heavy atom. The summed E-state index contributed by atoms with van der Waals surface area (Å²) in [6.07, 6.45) is 1.20. The average Bonchev–Trinajstić information content (AvgIpc) is 2.40. The van der Waals surface area contributed by atoms with E-state index in [1.54, 1.807) is 0 Å². The molecule has 19 heavy (non-hydrogen) atoms. The first-order valence-corrected chi connectivity index (χ1v) is 6.57. The highest BCUT2D eigenvalue weighted by molar-refractivity contribution is 7.92. The normalized spacial score (nSPS) is 10.5. The van der Waals surface area contributed by atoms with Crippen molar-refractivity contribution < 1.29 is 18.3 Å². The lowest BCUT2D eigenvalue weighted by Crippen LogP contribution is -2.14. The number of hydrogen-bond donors (Lipinski definition) is 2. The topological polar surface area (TPSA) is 96.4 Å². The van der Waals surface area contributed by atoms with Gasteiger partial charge in [0.1, 0.15) is 0 Å². The highest BCUT2D eigenvalue weighted by Gasteiger charge is 2.15. The van der Waals surface area contributed by atoms with Crippen molar-refractivity contribution in [1.29, 1.82) is 0 Å². The number of carbonyl (C=O) groups is 1. The molecule has 2 N–H and O–H groups in total. The lowest BCUT2D eigenvalue weighted by atomic mass is 10.2. The van der Waals surface area contributed by atoms with Gasteiger partial charge in [0.25, 0.3) is 10.0 Å². The molecule has 0 bridgehead atoms. The van der Waals surface area contributed by atoms with Crippen LogP contribution >= 0.6 is 0 Å². The minimum absolute atomic E-state index is 0.0729. The Kier molecular flexibility index (Phi) is 3.35. The second-order valence-electron chi connectivity index (χ2n) is 3.52. The highest BCUT2D eigenvalue weighted by atomic mass is 32.2. The maximum atomic E-state index is 11.9. The first kappa shape index (κ1) is 12.9. The number of aromatic carboxylic acids is 1. The second kappa shape index (κ2) is 4.96. The van der Waals surface area contributed by atoms with Crippen molar-refractivity contribution >= 4 is 21.7 Å². The van der Waals surface area contributed by atoms with Crippen LogP contribution in [0.25, 0.3) is 0 Å². The Hall–Kier alpha value is -2.59. The lowest BCUT2D eigenvalue weighted by molar-refractivity contribution is 0.0697. The molecule has 0 unspecified atom stereocenters. The van der Waals surface area contributed by atoms with Crippen molar-refractivity contribution in [3.05, 3.63) is 54.2 Å². The van der Waals surface area contributed by atoms with Gasteiger partial charge in [0, 0.05) is 11.8 Å². The third-order valence-corrected chi connectivity index (χ3v) is 3.47. The molecule has 2 rings (SSSR count). The summed E-state index contributed by atoms with van der Waals surface area (Å²) in [7, 11) is -3.81. The molecule has 0 fully saturated rings. The van der Waals surface area contributed by atoms with Gasteiger partial charge < -0.3 is 5.11 Å². The van der Waals surface area contributed by atoms with Crippen molar-refractivity contribution in [2.45, 2.75) is 5.03 Å². The zero-order valence-electron chi connectivity index (χ0n) is 9.49. The van der Waals surface area contributed by atoms with Gasteiger partial charge in [-0.05, 0) is 30.3 Å². The summed E-state index contributed by atoms with van der Waals surface area (Å²) in [5.74, 6) is -1.08. The quantitative estimate of drug-likeness (QED) is 0.874. The summed E-state index contributed by atoms with van der Waals surface area (Å²) in [4.78, 5) is 14.3. The van der Waals surface area contributed by atoms with Crippen molar-refractivity contribution in [2.24, 2.45) is 0 Å². The molecule has 0 saturated heterocycles. The van der Waals surface area contributed by atoms with E-state index in [1.807, 2.05) is 0 Å². The molecule has 0 aliphatic carbocycles. The third kappa shape index (κ3) is 3.00. The molecule has 2 aromatic rings. The van der Waals surface area contributed by atoms with E-state index >= 15 is 0 Å². The van der Waals surface area contributed by atoms with Crippen molar-refractivity contribution in [2.75, 3.05) is 4.72 Å². The number of nitrogens with zero attached hydrogens (tertiary/aromatic N) is 1. The highest BCUT2D eigenvalue weighted by Crippen LogP contribution is 2.14. The van der Waals surface area contributed by atoms with E-state index in [-0.39, 0.29) is 16.3 Å². The largest absolute Gasteiger partial charge is 0.478 e. The number of anilines is 1. The summed E-state index contributed by atoms with van der Waals surface area (Å²) in [5, 5.41) is 8.54. The van der Waals surface area contributed by atoms with E-state index in [0.29, 0.717) is 0 Å². The Labute approximate surface area is 109 Å². The van der Waals surface area contributed by atoms with Crippen LogP contribution in [0.5, 0.6) is 0 Å². The molecule has 1 aromatic carbocycles. The molecule has 7 heteroatoms. The number of carboxylic acids is 1. The fourth-order valence-electron chi connectivity index (χ4n) is 1.31. The van der Waals surface area contributed by atoms with Crippen molar-refractivity contribution in [1.82, 2.24) is 4.98 Å². The zero-order chi connectivity index (χ0) is 13.9. The Balaban J connectivity index is 2.24. The fraction of sp³-hybridized carbons (Fsp3) is 0. The molecule has 0 aliphatic heterocycles. The number of rotatable bonds is 4. The predicted octanol–water partition coefficient (Wildman–Crippen LogP) is 1.18. The third-order valence-electron chi connectivity index (χ3n) is 2.19. The SMILES string of the molecule is O=C(O)c1ccc(NS(=O)(=O)c2cc#ccn2)cc1. The van der Waals surface area contributed by atoms with E-state index in [9.17, 15) is 13.2 Å². The number of benzene rings is 1. The zero-order valence-corrected chi connectivity index (χ0v) is 10.3. The van der Waals surface area contributed by atoms with Gasteiger partial charge in [-0.2, -0.15) is 8.42 Å². The van der Waals surface area contributed by atoms with Crippen LogP contribution in [0.2, 0.25) is 0 Å². The first-order chi connectivity index (χ1) is 8.99. The van der Waals surface area contributed by atoms with E-state index < -0.39 is 16.0 Å². The molecule has 0 amide bonds. The Morgan fingerprint density at radius 3 is 2.42 bits per heavy atom. The van der Waals surface area contributed by atoms with Gasteiger partial charge in [0.2, 0.25) is 0 Å². The van der Waals surface area contributed by atoms with Gasteiger partial charge in [-0.15, -0.1) is 0 Å². The summed E-state index contributed by atoms with van der Waals surface area (Å²) in [5.41, 5.74) is 0.323. The van der Waals surface area contributed by atoms with Gasteiger partial charge in [-0.1, -0.05) is 6.07 Å². The maximum absolute atomic E-state index is 11.9. The minimum atomic E-state index is -3.81. The molecule has 0 saturated carbocycles. The molecule has 0 radical (unpaired) electrons. The molecular weight excluding hydrogens is 268 g/mol. The lowest BCUT2D eigenvalue weighted by Gasteiger charge is -2.06. The average molecular weight is 276 g/mol. The molecule has 0 aliphatic rings. The predicted molar refractivity (Wildman–Crippen MR) is 66.1 cm³/mol. The Bertz CT molecular complexity index is 681. The van der Waals surface area contributed by atoms with E-state index in [2.05, 4.69) is 21.8 Å². The van der Waals surface area contributed by atoms with Crippen LogP contribution in [0.1, 0.15) is 10.4 Å². The number of nitrogens with one attached hydrogen (secondary N) is 1. The van der Waals surface area contributed by atoms with Gasteiger partial charge in [-0.25, -0.2) is 9.78 Å². The van der Waals surface area contributed by atoms with Crippen molar-refractivity contribution in [3.8, 4) is 0 Å². The number of aromatic nitrogens is 1. The van der Waals surface area contributed by atoms with Gasteiger partial charge in [-0.3, -0.25) is 4.72 Å². The number of hydrogen-bond acceptors (Lipinski definition) is 4. The molecular formula is C12H8N2O4S. The molecule has 0 spiro atoms. The smallest absolute Gasteiger partial charge is 0.335 e. The van der Waals surface area contributed by atoms with Gasteiger partial charge >= 0.3 is 5.97 Å². The standard InChI is InChI=1S/C12H8N2O4S/c15-12(16)9-4-6-10(7-5-9)14-19(17,18)11-3-1-2-8-13-11/h3-8,14H,(H,15,16). The van der Waals surface area contributed by atoms with Crippen molar-refractivity contribution in [3.63, 3.8) is 0 Å². The Morgan fingerprint density at radius 1 is 1.21 bits per heavy atom.